The second kappa shape index (κ2) is 8.01. The molecule has 0 aliphatic carbocycles. The van der Waals surface area contributed by atoms with Gasteiger partial charge in [0, 0.05) is 27.3 Å². The summed E-state index contributed by atoms with van der Waals surface area (Å²) >= 11 is 0. The van der Waals surface area contributed by atoms with E-state index in [2.05, 4.69) is 5.32 Å². The average molecular weight is 219 g/mol. The monoisotopic (exact) mass is 219 g/mol. The highest BCUT2D eigenvalue weighted by Crippen LogP contribution is 2.08. The Morgan fingerprint density at radius 2 is 1.33 bits per heavy atom. The molecule has 1 saturated heterocycles. The van der Waals surface area contributed by atoms with Gasteiger partial charge in [-0.25, -0.2) is 0 Å². The molecule has 90 valence electrons. The third-order valence-electron chi connectivity index (χ3n) is 2.34. The molecule has 0 radical (unpaired) electrons. The van der Waals surface area contributed by atoms with Crippen molar-refractivity contribution in [3.8, 4) is 0 Å². The molecule has 1 aliphatic rings. The molecule has 1 heterocycles. The van der Waals surface area contributed by atoms with Gasteiger partial charge in [0.05, 0.1) is 38.6 Å². The third-order valence-corrected chi connectivity index (χ3v) is 2.34. The van der Waals surface area contributed by atoms with Crippen LogP contribution in [0.25, 0.3) is 0 Å². The Balaban J connectivity index is 2.11. The van der Waals surface area contributed by atoms with Gasteiger partial charge in [0.1, 0.15) is 0 Å². The minimum Gasteiger partial charge on any atom is -0.382 e. The molecule has 1 N–H and O–H groups in total. The maximum Gasteiger partial charge on any atom is 0.0974 e. The Labute approximate surface area is 91.0 Å². The lowest BCUT2D eigenvalue weighted by molar-refractivity contribution is -0.0658. The fraction of sp³-hybridized carbons (Fsp3) is 1.00. The number of rotatable bonds is 8. The molecule has 0 bridgehead atoms. The van der Waals surface area contributed by atoms with Crippen molar-refractivity contribution in [1.82, 2.24) is 5.32 Å². The first-order valence-corrected chi connectivity index (χ1v) is 5.30. The van der Waals surface area contributed by atoms with Gasteiger partial charge < -0.3 is 24.3 Å². The maximum absolute atomic E-state index is 5.63. The molecule has 0 amide bonds. The van der Waals surface area contributed by atoms with E-state index in [0.29, 0.717) is 26.4 Å². The van der Waals surface area contributed by atoms with E-state index in [4.69, 9.17) is 18.9 Å². The number of ether oxygens (including phenoxy) is 4. The summed E-state index contributed by atoms with van der Waals surface area (Å²) in [6.45, 7) is 4.19. The van der Waals surface area contributed by atoms with Crippen LogP contribution >= 0.6 is 0 Å². The summed E-state index contributed by atoms with van der Waals surface area (Å²) in [6, 6.07) is 0. The van der Waals surface area contributed by atoms with Crippen LogP contribution in [0.2, 0.25) is 0 Å². The van der Waals surface area contributed by atoms with Gasteiger partial charge in [0.2, 0.25) is 0 Å². The van der Waals surface area contributed by atoms with E-state index in [9.17, 15) is 0 Å². The highest BCUT2D eigenvalue weighted by atomic mass is 16.6. The Kier molecular flexibility index (Phi) is 6.87. The van der Waals surface area contributed by atoms with Gasteiger partial charge in [-0.15, -0.1) is 0 Å². The Morgan fingerprint density at radius 1 is 0.867 bits per heavy atom. The number of methoxy groups -OCH3 is 2. The van der Waals surface area contributed by atoms with Gasteiger partial charge in [-0.1, -0.05) is 0 Å². The van der Waals surface area contributed by atoms with Crippen LogP contribution in [0.4, 0.5) is 0 Å². The SMILES string of the molecule is COCCOC1CNCC1OCCOC. The maximum atomic E-state index is 5.63. The van der Waals surface area contributed by atoms with Crippen LogP contribution in [0.1, 0.15) is 0 Å². The number of hydrogen-bond donors (Lipinski definition) is 1. The lowest BCUT2D eigenvalue weighted by atomic mass is 10.2. The fourth-order valence-corrected chi connectivity index (χ4v) is 1.53. The largest absolute Gasteiger partial charge is 0.382 e. The van der Waals surface area contributed by atoms with Crippen molar-refractivity contribution in [1.29, 1.82) is 0 Å². The van der Waals surface area contributed by atoms with Gasteiger partial charge in [-0.05, 0) is 0 Å². The zero-order chi connectivity index (χ0) is 10.9. The Bertz CT molecular complexity index is 140. The Hall–Kier alpha value is -0.200. The summed E-state index contributed by atoms with van der Waals surface area (Å²) in [5, 5.41) is 3.24. The first kappa shape index (κ1) is 12.9. The summed E-state index contributed by atoms with van der Waals surface area (Å²) in [5.74, 6) is 0. The first-order chi connectivity index (χ1) is 7.38. The van der Waals surface area contributed by atoms with Crippen LogP contribution in [0.5, 0.6) is 0 Å². The van der Waals surface area contributed by atoms with E-state index in [-0.39, 0.29) is 12.2 Å². The first-order valence-electron chi connectivity index (χ1n) is 5.30. The van der Waals surface area contributed by atoms with Gasteiger partial charge in [-0.2, -0.15) is 0 Å². The Morgan fingerprint density at radius 3 is 1.73 bits per heavy atom. The molecule has 0 saturated carbocycles. The van der Waals surface area contributed by atoms with E-state index < -0.39 is 0 Å². The number of hydrogen-bond acceptors (Lipinski definition) is 5. The van der Waals surface area contributed by atoms with Crippen molar-refractivity contribution in [2.75, 3.05) is 53.7 Å². The molecule has 0 aromatic rings. The summed E-state index contributed by atoms with van der Waals surface area (Å²) in [5.41, 5.74) is 0. The molecule has 5 nitrogen and oxygen atoms in total. The predicted molar refractivity (Wildman–Crippen MR) is 56.1 cm³/mol. The lowest BCUT2D eigenvalue weighted by Gasteiger charge is -2.19. The highest BCUT2D eigenvalue weighted by molar-refractivity contribution is 4.82. The van der Waals surface area contributed by atoms with E-state index in [1.54, 1.807) is 14.2 Å². The molecule has 2 atom stereocenters. The topological polar surface area (TPSA) is 49.0 Å². The standard InChI is InChI=1S/C10H21NO4/c1-12-3-5-14-9-7-11-8-10(9)15-6-4-13-2/h9-11H,3-8H2,1-2H3. The number of nitrogens with one attached hydrogen (secondary N) is 1. The second-order valence-electron chi connectivity index (χ2n) is 3.46. The molecule has 5 heteroatoms. The minimum absolute atomic E-state index is 0.136. The molecule has 0 aromatic carbocycles. The van der Waals surface area contributed by atoms with Crippen LogP contribution in [0, 0.1) is 0 Å². The molecule has 1 rings (SSSR count). The quantitative estimate of drug-likeness (QED) is 0.566. The lowest BCUT2D eigenvalue weighted by Crippen LogP contribution is -2.32. The summed E-state index contributed by atoms with van der Waals surface area (Å²) in [6.07, 6.45) is 0.272. The van der Waals surface area contributed by atoms with Crippen molar-refractivity contribution < 1.29 is 18.9 Å². The average Bonchev–Trinajstić information content (AvgIpc) is 2.67. The van der Waals surface area contributed by atoms with E-state index >= 15 is 0 Å². The van der Waals surface area contributed by atoms with Crippen LogP contribution in [-0.4, -0.2) is 65.9 Å². The van der Waals surface area contributed by atoms with E-state index in [0.717, 1.165) is 13.1 Å². The summed E-state index contributed by atoms with van der Waals surface area (Å²) < 4.78 is 21.1. The smallest absolute Gasteiger partial charge is 0.0974 e. The van der Waals surface area contributed by atoms with Crippen LogP contribution in [0.15, 0.2) is 0 Å². The molecule has 2 unspecified atom stereocenters. The normalized spacial score (nSPS) is 26.0. The predicted octanol–water partition coefficient (Wildman–Crippen LogP) is -0.347. The molecule has 0 spiro atoms. The van der Waals surface area contributed by atoms with Crippen molar-refractivity contribution >= 4 is 0 Å². The second-order valence-corrected chi connectivity index (χ2v) is 3.46. The highest BCUT2D eigenvalue weighted by Gasteiger charge is 2.28. The fourth-order valence-electron chi connectivity index (χ4n) is 1.53. The van der Waals surface area contributed by atoms with Crippen molar-refractivity contribution in [3.05, 3.63) is 0 Å². The zero-order valence-corrected chi connectivity index (χ0v) is 9.53. The molecular formula is C10H21NO4. The summed E-state index contributed by atoms with van der Waals surface area (Å²) in [7, 11) is 3.34. The van der Waals surface area contributed by atoms with Gasteiger partial charge in [0.25, 0.3) is 0 Å². The molecule has 0 aromatic heterocycles. The van der Waals surface area contributed by atoms with Crippen molar-refractivity contribution in [2.45, 2.75) is 12.2 Å². The molecular weight excluding hydrogens is 198 g/mol. The minimum atomic E-state index is 0.136. The van der Waals surface area contributed by atoms with Gasteiger partial charge >= 0.3 is 0 Å². The van der Waals surface area contributed by atoms with Gasteiger partial charge in [0.15, 0.2) is 0 Å². The molecule has 15 heavy (non-hydrogen) atoms. The van der Waals surface area contributed by atoms with E-state index in [1.807, 2.05) is 0 Å². The zero-order valence-electron chi connectivity index (χ0n) is 9.53. The summed E-state index contributed by atoms with van der Waals surface area (Å²) in [4.78, 5) is 0. The molecule has 1 aliphatic heterocycles. The van der Waals surface area contributed by atoms with Crippen molar-refractivity contribution in [3.63, 3.8) is 0 Å². The molecule has 1 fully saturated rings. The van der Waals surface area contributed by atoms with Crippen LogP contribution in [0.3, 0.4) is 0 Å². The van der Waals surface area contributed by atoms with Crippen LogP contribution < -0.4 is 5.32 Å². The van der Waals surface area contributed by atoms with Crippen molar-refractivity contribution in [2.24, 2.45) is 0 Å². The third kappa shape index (κ3) is 4.90. The van der Waals surface area contributed by atoms with E-state index in [1.165, 1.54) is 0 Å². The van der Waals surface area contributed by atoms with Gasteiger partial charge in [-0.3, -0.25) is 0 Å². The van der Waals surface area contributed by atoms with Crippen LogP contribution in [-0.2, 0) is 18.9 Å².